The standard InChI is InChI=1S/C26H26N4O2/c1-18(31)30-15-12-20(13-16-30)22-5-4-14-27-26(22)32-21-10-8-19(9-11-21)17-25-28-23-6-2-3-7-24(23)29-25/h2-11,14,20H,12-13,15-17H2,1H3,(H,28,29). The minimum atomic E-state index is 0.147. The van der Waals surface area contributed by atoms with Crippen molar-refractivity contribution < 1.29 is 9.53 Å². The monoisotopic (exact) mass is 426 g/mol. The van der Waals surface area contributed by atoms with Crippen molar-refractivity contribution in [2.75, 3.05) is 13.1 Å². The van der Waals surface area contributed by atoms with Crippen molar-refractivity contribution in [1.29, 1.82) is 0 Å². The number of rotatable bonds is 5. The molecule has 1 amide bonds. The summed E-state index contributed by atoms with van der Waals surface area (Å²) in [5.41, 5.74) is 4.31. The third kappa shape index (κ3) is 4.35. The number of hydrogen-bond acceptors (Lipinski definition) is 4. The Kier molecular flexibility index (Phi) is 5.58. The number of carbonyl (C=O) groups excluding carboxylic acids is 1. The van der Waals surface area contributed by atoms with Gasteiger partial charge in [-0.1, -0.05) is 30.3 Å². The van der Waals surface area contributed by atoms with Gasteiger partial charge in [-0.2, -0.15) is 0 Å². The fraction of sp³-hybridized carbons (Fsp3) is 0.269. The van der Waals surface area contributed by atoms with E-state index in [1.165, 1.54) is 0 Å². The number of pyridine rings is 1. The van der Waals surface area contributed by atoms with Gasteiger partial charge in [0.1, 0.15) is 11.6 Å². The lowest BCUT2D eigenvalue weighted by Gasteiger charge is -2.31. The van der Waals surface area contributed by atoms with Crippen molar-refractivity contribution in [2.45, 2.75) is 32.1 Å². The number of carbonyl (C=O) groups is 1. The van der Waals surface area contributed by atoms with Gasteiger partial charge in [0.2, 0.25) is 11.8 Å². The number of ether oxygens (including phenoxy) is 1. The maximum absolute atomic E-state index is 11.6. The lowest BCUT2D eigenvalue weighted by atomic mass is 9.90. The molecule has 1 saturated heterocycles. The zero-order valence-corrected chi connectivity index (χ0v) is 18.1. The molecule has 0 atom stereocenters. The predicted molar refractivity (Wildman–Crippen MR) is 124 cm³/mol. The van der Waals surface area contributed by atoms with Crippen LogP contribution >= 0.6 is 0 Å². The topological polar surface area (TPSA) is 71.1 Å². The first-order chi connectivity index (χ1) is 15.7. The van der Waals surface area contributed by atoms with Crippen LogP contribution in [0.1, 0.15) is 42.6 Å². The van der Waals surface area contributed by atoms with E-state index in [-0.39, 0.29) is 5.91 Å². The number of hydrogen-bond donors (Lipinski definition) is 1. The first-order valence-corrected chi connectivity index (χ1v) is 11.1. The summed E-state index contributed by atoms with van der Waals surface area (Å²) in [5, 5.41) is 0. The Hall–Kier alpha value is -3.67. The number of H-pyrrole nitrogens is 1. The van der Waals surface area contributed by atoms with Gasteiger partial charge in [0, 0.05) is 38.2 Å². The van der Waals surface area contributed by atoms with Gasteiger partial charge < -0.3 is 14.6 Å². The number of para-hydroxylation sites is 2. The second-order valence-corrected chi connectivity index (χ2v) is 8.30. The molecule has 0 radical (unpaired) electrons. The Morgan fingerprint density at radius 3 is 2.59 bits per heavy atom. The predicted octanol–water partition coefficient (Wildman–Crippen LogP) is 5.07. The minimum absolute atomic E-state index is 0.147. The fourth-order valence-corrected chi connectivity index (χ4v) is 4.37. The van der Waals surface area contributed by atoms with Crippen molar-refractivity contribution in [3.8, 4) is 11.6 Å². The van der Waals surface area contributed by atoms with E-state index in [0.717, 1.165) is 66.1 Å². The van der Waals surface area contributed by atoms with Crippen LogP contribution in [0.3, 0.4) is 0 Å². The third-order valence-electron chi connectivity index (χ3n) is 6.13. The summed E-state index contributed by atoms with van der Waals surface area (Å²) in [7, 11) is 0. The van der Waals surface area contributed by atoms with Crippen LogP contribution in [-0.2, 0) is 11.2 Å². The molecule has 0 saturated carbocycles. The van der Waals surface area contributed by atoms with Crippen LogP contribution in [0, 0.1) is 0 Å². The number of piperidine rings is 1. The van der Waals surface area contributed by atoms with Crippen LogP contribution in [0.25, 0.3) is 11.0 Å². The maximum atomic E-state index is 11.6. The molecule has 6 heteroatoms. The average molecular weight is 427 g/mol. The van der Waals surface area contributed by atoms with Gasteiger partial charge in [0.15, 0.2) is 0 Å². The maximum Gasteiger partial charge on any atom is 0.222 e. The minimum Gasteiger partial charge on any atom is -0.439 e. The number of nitrogens with zero attached hydrogens (tertiary/aromatic N) is 3. The van der Waals surface area contributed by atoms with E-state index in [9.17, 15) is 4.79 Å². The summed E-state index contributed by atoms with van der Waals surface area (Å²) < 4.78 is 6.18. The second-order valence-electron chi connectivity index (χ2n) is 8.30. The van der Waals surface area contributed by atoms with Crippen LogP contribution in [-0.4, -0.2) is 38.8 Å². The summed E-state index contributed by atoms with van der Waals surface area (Å²) >= 11 is 0. The second kappa shape index (κ2) is 8.83. The van der Waals surface area contributed by atoms with Gasteiger partial charge in [-0.25, -0.2) is 9.97 Å². The molecule has 4 aromatic rings. The van der Waals surface area contributed by atoms with Gasteiger partial charge in [-0.3, -0.25) is 4.79 Å². The van der Waals surface area contributed by atoms with E-state index >= 15 is 0 Å². The summed E-state index contributed by atoms with van der Waals surface area (Å²) in [4.78, 5) is 26.1. The molecule has 1 N–H and O–H groups in total. The highest BCUT2D eigenvalue weighted by Crippen LogP contribution is 2.35. The molecular weight excluding hydrogens is 400 g/mol. The smallest absolute Gasteiger partial charge is 0.222 e. The summed E-state index contributed by atoms with van der Waals surface area (Å²) in [5.74, 6) is 2.86. The van der Waals surface area contributed by atoms with Gasteiger partial charge in [-0.05, 0) is 54.7 Å². The zero-order chi connectivity index (χ0) is 21.9. The first-order valence-electron chi connectivity index (χ1n) is 11.1. The lowest BCUT2D eigenvalue weighted by Crippen LogP contribution is -2.36. The van der Waals surface area contributed by atoms with E-state index in [1.807, 2.05) is 47.4 Å². The van der Waals surface area contributed by atoms with E-state index in [2.05, 4.69) is 33.2 Å². The molecule has 1 aliphatic rings. The highest BCUT2D eigenvalue weighted by molar-refractivity contribution is 5.74. The molecule has 3 heterocycles. The number of aromatic nitrogens is 3. The van der Waals surface area contributed by atoms with E-state index in [4.69, 9.17) is 4.74 Å². The summed E-state index contributed by atoms with van der Waals surface area (Å²) in [6.45, 7) is 3.20. The molecule has 6 nitrogen and oxygen atoms in total. The van der Waals surface area contributed by atoms with Crippen molar-refractivity contribution in [3.63, 3.8) is 0 Å². The molecule has 0 spiro atoms. The molecule has 162 valence electrons. The molecule has 5 rings (SSSR count). The lowest BCUT2D eigenvalue weighted by molar-refractivity contribution is -0.129. The van der Waals surface area contributed by atoms with Gasteiger partial charge in [-0.15, -0.1) is 0 Å². The number of aromatic amines is 1. The molecule has 1 aliphatic heterocycles. The van der Waals surface area contributed by atoms with Gasteiger partial charge in [0.05, 0.1) is 11.0 Å². The van der Waals surface area contributed by atoms with Gasteiger partial charge >= 0.3 is 0 Å². The number of fused-ring (bicyclic) bond motifs is 1. The van der Waals surface area contributed by atoms with Crippen LogP contribution in [0.5, 0.6) is 11.6 Å². The van der Waals surface area contributed by atoms with Crippen molar-refractivity contribution in [1.82, 2.24) is 19.9 Å². The van der Waals surface area contributed by atoms with E-state index in [0.29, 0.717) is 11.8 Å². The van der Waals surface area contributed by atoms with Crippen LogP contribution in [0.2, 0.25) is 0 Å². The SMILES string of the molecule is CC(=O)N1CCC(c2cccnc2Oc2ccc(Cc3nc4ccccc4[nH]3)cc2)CC1. The summed E-state index contributed by atoms with van der Waals surface area (Å²) in [6, 6.07) is 20.2. The molecule has 2 aromatic heterocycles. The van der Waals surface area contributed by atoms with Crippen LogP contribution in [0.4, 0.5) is 0 Å². The third-order valence-corrected chi connectivity index (χ3v) is 6.13. The zero-order valence-electron chi connectivity index (χ0n) is 18.1. The Balaban J connectivity index is 1.27. The number of amides is 1. The van der Waals surface area contributed by atoms with E-state index < -0.39 is 0 Å². The largest absolute Gasteiger partial charge is 0.439 e. The van der Waals surface area contributed by atoms with Crippen molar-refractivity contribution in [2.24, 2.45) is 0 Å². The molecule has 32 heavy (non-hydrogen) atoms. The average Bonchev–Trinajstić information content (AvgIpc) is 3.23. The number of benzene rings is 2. The highest BCUT2D eigenvalue weighted by atomic mass is 16.5. The Morgan fingerprint density at radius 1 is 1.06 bits per heavy atom. The Labute approximate surface area is 187 Å². The molecule has 0 aliphatic carbocycles. The summed E-state index contributed by atoms with van der Waals surface area (Å²) in [6.07, 6.45) is 4.36. The van der Waals surface area contributed by atoms with Crippen molar-refractivity contribution >= 4 is 16.9 Å². The Bertz CT molecular complexity index is 1190. The molecule has 0 bridgehead atoms. The molecule has 2 aromatic carbocycles. The fourth-order valence-electron chi connectivity index (χ4n) is 4.37. The molecule has 0 unspecified atom stereocenters. The van der Waals surface area contributed by atoms with E-state index in [1.54, 1.807) is 13.1 Å². The van der Waals surface area contributed by atoms with Crippen LogP contribution in [0.15, 0.2) is 66.9 Å². The number of imidazole rings is 1. The van der Waals surface area contributed by atoms with Gasteiger partial charge in [0.25, 0.3) is 0 Å². The highest BCUT2D eigenvalue weighted by Gasteiger charge is 2.25. The number of likely N-dealkylation sites (tertiary alicyclic amines) is 1. The quantitative estimate of drug-likeness (QED) is 0.484. The molecule has 1 fully saturated rings. The number of nitrogens with one attached hydrogen (secondary N) is 1. The Morgan fingerprint density at radius 2 is 1.84 bits per heavy atom. The van der Waals surface area contributed by atoms with Crippen molar-refractivity contribution in [3.05, 3.63) is 83.8 Å². The first kappa shape index (κ1) is 20.2. The van der Waals surface area contributed by atoms with Crippen LogP contribution < -0.4 is 4.74 Å². The molecular formula is C26H26N4O2. The normalized spacial score (nSPS) is 14.6.